The van der Waals surface area contributed by atoms with Crippen molar-refractivity contribution in [1.29, 1.82) is 0 Å². The van der Waals surface area contributed by atoms with E-state index >= 15 is 0 Å². The lowest BCUT2D eigenvalue weighted by Gasteiger charge is -2.30. The van der Waals surface area contributed by atoms with E-state index in [1.54, 1.807) is 12.4 Å². The van der Waals surface area contributed by atoms with Gasteiger partial charge in [-0.05, 0) is 36.4 Å². The monoisotopic (exact) mass is 340 g/mol. The van der Waals surface area contributed by atoms with E-state index in [1.807, 2.05) is 34.5 Å². The molecule has 0 spiro atoms. The maximum absolute atomic E-state index is 12.4. The third kappa shape index (κ3) is 2.94. The third-order valence-corrected chi connectivity index (χ3v) is 5.08. The van der Waals surface area contributed by atoms with Gasteiger partial charge in [-0.15, -0.1) is 11.3 Å². The predicted octanol–water partition coefficient (Wildman–Crippen LogP) is 3.21. The minimum Gasteiger partial charge on any atom is -0.339 e. The molecule has 3 aromatic rings. The molecule has 0 atom stereocenters. The van der Waals surface area contributed by atoms with Gasteiger partial charge >= 0.3 is 0 Å². The number of aromatic nitrogens is 3. The number of rotatable bonds is 3. The van der Waals surface area contributed by atoms with Crippen LogP contribution in [0.5, 0.6) is 0 Å². The highest BCUT2D eigenvalue weighted by Crippen LogP contribution is 2.29. The Hall–Kier alpha value is -2.54. The van der Waals surface area contributed by atoms with Crippen LogP contribution in [0.1, 0.15) is 34.3 Å². The molecule has 6 nitrogen and oxygen atoms in total. The van der Waals surface area contributed by atoms with Crippen LogP contribution in [0.2, 0.25) is 0 Å². The first-order valence-electron chi connectivity index (χ1n) is 7.88. The molecule has 4 heterocycles. The van der Waals surface area contributed by atoms with E-state index in [-0.39, 0.29) is 11.8 Å². The number of likely N-dealkylation sites (tertiary alicyclic amines) is 1. The van der Waals surface area contributed by atoms with Crippen molar-refractivity contribution < 1.29 is 9.32 Å². The van der Waals surface area contributed by atoms with E-state index < -0.39 is 0 Å². The van der Waals surface area contributed by atoms with Crippen LogP contribution in [0.4, 0.5) is 0 Å². The molecule has 0 unspecified atom stereocenters. The lowest BCUT2D eigenvalue weighted by atomic mass is 9.96. The highest BCUT2D eigenvalue weighted by atomic mass is 32.1. The SMILES string of the molecule is O=C(c1cccs1)N1CCC(c2nc(-c3cccnc3)no2)CC1. The molecule has 3 aromatic heterocycles. The second-order valence-electron chi connectivity index (χ2n) is 5.74. The largest absolute Gasteiger partial charge is 0.339 e. The Labute approximate surface area is 143 Å². The van der Waals surface area contributed by atoms with Gasteiger partial charge in [-0.25, -0.2) is 0 Å². The Morgan fingerprint density at radius 1 is 1.25 bits per heavy atom. The van der Waals surface area contributed by atoms with Gasteiger partial charge in [0.1, 0.15) is 0 Å². The normalized spacial score (nSPS) is 15.6. The minimum absolute atomic E-state index is 0.116. The highest BCUT2D eigenvalue weighted by Gasteiger charge is 2.28. The zero-order valence-electron chi connectivity index (χ0n) is 13.0. The van der Waals surface area contributed by atoms with Crippen LogP contribution >= 0.6 is 11.3 Å². The molecule has 122 valence electrons. The first-order chi connectivity index (χ1) is 11.8. The molecule has 1 fully saturated rings. The van der Waals surface area contributed by atoms with Gasteiger partial charge in [0, 0.05) is 37.0 Å². The average Bonchev–Trinajstić information content (AvgIpc) is 3.34. The quantitative estimate of drug-likeness (QED) is 0.732. The van der Waals surface area contributed by atoms with Crippen molar-refractivity contribution in [3.05, 3.63) is 52.8 Å². The molecule has 7 heteroatoms. The van der Waals surface area contributed by atoms with Gasteiger partial charge in [0.15, 0.2) is 0 Å². The molecule has 1 amide bonds. The van der Waals surface area contributed by atoms with Crippen LogP contribution in [0.25, 0.3) is 11.4 Å². The summed E-state index contributed by atoms with van der Waals surface area (Å²) < 4.78 is 5.44. The van der Waals surface area contributed by atoms with E-state index in [0.717, 1.165) is 23.3 Å². The van der Waals surface area contributed by atoms with Crippen molar-refractivity contribution in [2.75, 3.05) is 13.1 Å². The molecule has 1 aliphatic rings. The fourth-order valence-corrected chi connectivity index (χ4v) is 3.59. The lowest BCUT2D eigenvalue weighted by molar-refractivity contribution is 0.0709. The summed E-state index contributed by atoms with van der Waals surface area (Å²) in [5.41, 5.74) is 0.845. The number of hydrogen-bond acceptors (Lipinski definition) is 6. The third-order valence-electron chi connectivity index (χ3n) is 4.22. The minimum atomic E-state index is 0.116. The molecule has 0 saturated carbocycles. The fraction of sp³-hybridized carbons (Fsp3) is 0.294. The molecule has 0 aliphatic carbocycles. The molecule has 4 rings (SSSR count). The second-order valence-corrected chi connectivity index (χ2v) is 6.69. The van der Waals surface area contributed by atoms with E-state index in [9.17, 15) is 4.79 Å². The van der Waals surface area contributed by atoms with Gasteiger partial charge in [-0.2, -0.15) is 4.98 Å². The Balaban J connectivity index is 1.41. The maximum atomic E-state index is 12.4. The van der Waals surface area contributed by atoms with E-state index in [4.69, 9.17) is 4.52 Å². The molecule has 1 saturated heterocycles. The molecule has 24 heavy (non-hydrogen) atoms. The summed E-state index contributed by atoms with van der Waals surface area (Å²) in [5, 5.41) is 5.98. The molecule has 0 N–H and O–H groups in total. The second kappa shape index (κ2) is 6.52. The molecular weight excluding hydrogens is 324 g/mol. The van der Waals surface area contributed by atoms with E-state index in [0.29, 0.717) is 24.8 Å². The van der Waals surface area contributed by atoms with Crippen molar-refractivity contribution in [2.24, 2.45) is 0 Å². The Kier molecular flexibility index (Phi) is 4.08. The predicted molar refractivity (Wildman–Crippen MR) is 89.7 cm³/mol. The van der Waals surface area contributed by atoms with Crippen LogP contribution in [0, 0.1) is 0 Å². The van der Waals surface area contributed by atoms with Crippen molar-refractivity contribution in [3.8, 4) is 11.4 Å². The molecular formula is C17H16N4O2S. The molecule has 0 radical (unpaired) electrons. The summed E-state index contributed by atoms with van der Waals surface area (Å²) >= 11 is 1.48. The summed E-state index contributed by atoms with van der Waals surface area (Å²) in [4.78, 5) is 23.6. The number of amides is 1. The number of piperidine rings is 1. The van der Waals surface area contributed by atoms with Gasteiger partial charge in [0.05, 0.1) is 4.88 Å². The van der Waals surface area contributed by atoms with Gasteiger partial charge < -0.3 is 9.42 Å². The summed E-state index contributed by atoms with van der Waals surface area (Å²) in [6.45, 7) is 1.43. The van der Waals surface area contributed by atoms with Gasteiger partial charge in [-0.3, -0.25) is 9.78 Å². The van der Waals surface area contributed by atoms with Crippen LogP contribution in [0.3, 0.4) is 0 Å². The van der Waals surface area contributed by atoms with Crippen molar-refractivity contribution >= 4 is 17.2 Å². The lowest BCUT2D eigenvalue weighted by Crippen LogP contribution is -2.37. The summed E-state index contributed by atoms with van der Waals surface area (Å²) in [7, 11) is 0. The van der Waals surface area contributed by atoms with Crippen LogP contribution in [-0.4, -0.2) is 39.0 Å². The maximum Gasteiger partial charge on any atom is 0.263 e. The fourth-order valence-electron chi connectivity index (χ4n) is 2.90. The van der Waals surface area contributed by atoms with Crippen LogP contribution in [-0.2, 0) is 0 Å². The molecule has 0 bridgehead atoms. The molecule has 1 aliphatic heterocycles. The van der Waals surface area contributed by atoms with Crippen LogP contribution in [0.15, 0.2) is 46.6 Å². The Bertz CT molecular complexity index is 808. The number of hydrogen-bond donors (Lipinski definition) is 0. The Morgan fingerprint density at radius 3 is 2.83 bits per heavy atom. The number of carbonyl (C=O) groups excluding carboxylic acids is 1. The standard InChI is InChI=1S/C17H16N4O2S/c22-17(14-4-2-10-24-14)21-8-5-12(6-9-21)16-19-15(20-23-16)13-3-1-7-18-11-13/h1-4,7,10-12H,5-6,8-9H2. The van der Waals surface area contributed by atoms with Crippen molar-refractivity contribution in [2.45, 2.75) is 18.8 Å². The van der Waals surface area contributed by atoms with E-state index in [2.05, 4.69) is 15.1 Å². The average molecular weight is 340 g/mol. The van der Waals surface area contributed by atoms with E-state index in [1.165, 1.54) is 11.3 Å². The number of pyridine rings is 1. The zero-order valence-corrected chi connectivity index (χ0v) is 13.8. The topological polar surface area (TPSA) is 72.1 Å². The summed E-state index contributed by atoms with van der Waals surface area (Å²) in [6, 6.07) is 7.53. The number of thiophene rings is 1. The summed E-state index contributed by atoms with van der Waals surface area (Å²) in [6.07, 6.45) is 5.11. The Morgan fingerprint density at radius 2 is 2.12 bits per heavy atom. The van der Waals surface area contributed by atoms with Crippen LogP contribution < -0.4 is 0 Å². The van der Waals surface area contributed by atoms with Gasteiger partial charge in [0.25, 0.3) is 5.91 Å². The molecule has 0 aromatic carbocycles. The number of carbonyl (C=O) groups is 1. The first-order valence-corrected chi connectivity index (χ1v) is 8.76. The van der Waals surface area contributed by atoms with Gasteiger partial charge in [0.2, 0.25) is 11.7 Å². The summed E-state index contributed by atoms with van der Waals surface area (Å²) in [5.74, 6) is 1.53. The van der Waals surface area contributed by atoms with Gasteiger partial charge in [-0.1, -0.05) is 11.2 Å². The number of nitrogens with zero attached hydrogens (tertiary/aromatic N) is 4. The van der Waals surface area contributed by atoms with Crippen molar-refractivity contribution in [1.82, 2.24) is 20.0 Å². The zero-order chi connectivity index (χ0) is 16.4. The highest BCUT2D eigenvalue weighted by molar-refractivity contribution is 7.12. The smallest absolute Gasteiger partial charge is 0.263 e. The first kappa shape index (κ1) is 15.0. The van der Waals surface area contributed by atoms with Crippen molar-refractivity contribution in [3.63, 3.8) is 0 Å².